The molecule has 24 heavy (non-hydrogen) atoms. The lowest BCUT2D eigenvalue weighted by molar-refractivity contribution is 0.406. The highest BCUT2D eigenvalue weighted by molar-refractivity contribution is 14.0. The molecule has 1 rings (SSSR count). The number of nitrogens with zero attached hydrogens (tertiary/aromatic N) is 1. The Bertz CT molecular complexity index is 509. The van der Waals surface area contributed by atoms with E-state index in [0.717, 1.165) is 31.3 Å². The first-order valence-corrected chi connectivity index (χ1v) is 9.36. The number of hydrogen-bond donors (Lipinski definition) is 2. The summed E-state index contributed by atoms with van der Waals surface area (Å²) in [5.74, 6) is 2.15. The molecule has 0 aliphatic heterocycles. The Morgan fingerprint density at radius 3 is 2.54 bits per heavy atom. The smallest absolute Gasteiger partial charge is 0.191 e. The maximum absolute atomic E-state index is 5.45. The van der Waals surface area contributed by atoms with E-state index in [1.165, 1.54) is 5.56 Å². The van der Waals surface area contributed by atoms with Gasteiger partial charge in [-0.15, -0.1) is 24.0 Å². The van der Waals surface area contributed by atoms with E-state index in [2.05, 4.69) is 56.7 Å². The Kier molecular flexibility index (Phi) is 11.5. The fraction of sp³-hybridized carbons (Fsp3) is 0.611. The summed E-state index contributed by atoms with van der Waals surface area (Å²) in [6.45, 7) is 11.2. The Morgan fingerprint density at radius 2 is 1.96 bits per heavy atom. The summed E-state index contributed by atoms with van der Waals surface area (Å²) in [5, 5.41) is 6.75. The van der Waals surface area contributed by atoms with Gasteiger partial charge in [0.15, 0.2) is 5.96 Å². The molecule has 0 heterocycles. The zero-order valence-electron chi connectivity index (χ0n) is 15.7. The molecule has 0 spiro atoms. The van der Waals surface area contributed by atoms with Crippen LogP contribution in [0, 0.1) is 0 Å². The first-order chi connectivity index (χ1) is 10.9. The monoisotopic (exact) mass is 465 g/mol. The van der Waals surface area contributed by atoms with Crippen LogP contribution in [0.3, 0.4) is 0 Å². The lowest BCUT2D eigenvalue weighted by Gasteiger charge is -2.21. The van der Waals surface area contributed by atoms with Gasteiger partial charge in [-0.25, -0.2) is 0 Å². The van der Waals surface area contributed by atoms with E-state index in [1.54, 1.807) is 7.11 Å². The van der Waals surface area contributed by atoms with Gasteiger partial charge in [-0.1, -0.05) is 25.1 Å². The van der Waals surface area contributed by atoms with Gasteiger partial charge in [-0.2, -0.15) is 11.8 Å². The van der Waals surface area contributed by atoms with E-state index in [9.17, 15) is 0 Å². The lowest BCUT2D eigenvalue weighted by Crippen LogP contribution is -2.40. The molecule has 1 aromatic rings. The van der Waals surface area contributed by atoms with Crippen LogP contribution in [0.4, 0.5) is 0 Å². The van der Waals surface area contributed by atoms with Crippen LogP contribution in [0.15, 0.2) is 29.3 Å². The number of halogens is 1. The van der Waals surface area contributed by atoms with Crippen molar-refractivity contribution in [3.05, 3.63) is 29.8 Å². The molecule has 0 saturated heterocycles. The second-order valence-electron chi connectivity index (χ2n) is 6.18. The van der Waals surface area contributed by atoms with Crippen molar-refractivity contribution in [2.75, 3.05) is 33.0 Å². The predicted octanol–water partition coefficient (Wildman–Crippen LogP) is 4.11. The van der Waals surface area contributed by atoms with E-state index >= 15 is 0 Å². The minimum absolute atomic E-state index is 0. The van der Waals surface area contributed by atoms with E-state index in [1.807, 2.05) is 23.9 Å². The van der Waals surface area contributed by atoms with Gasteiger partial charge in [0.2, 0.25) is 0 Å². The number of hydrogen-bond acceptors (Lipinski definition) is 3. The topological polar surface area (TPSA) is 45.7 Å². The maximum atomic E-state index is 5.45. The van der Waals surface area contributed by atoms with Crippen LogP contribution in [-0.2, 0) is 0 Å². The summed E-state index contributed by atoms with van der Waals surface area (Å²) >= 11 is 1.83. The molecule has 0 fully saturated rings. The van der Waals surface area contributed by atoms with E-state index in [4.69, 9.17) is 9.73 Å². The summed E-state index contributed by atoms with van der Waals surface area (Å²) in [6.07, 6.45) is 2.12. The summed E-state index contributed by atoms with van der Waals surface area (Å²) in [6, 6.07) is 8.17. The molecule has 0 radical (unpaired) electrons. The molecule has 0 amide bonds. The van der Waals surface area contributed by atoms with Crippen molar-refractivity contribution in [3.8, 4) is 5.75 Å². The molecule has 1 aromatic carbocycles. The lowest BCUT2D eigenvalue weighted by atomic mass is 10.0. The predicted molar refractivity (Wildman–Crippen MR) is 118 cm³/mol. The fourth-order valence-electron chi connectivity index (χ4n) is 2.11. The molecule has 1 atom stereocenters. The third kappa shape index (κ3) is 7.96. The summed E-state index contributed by atoms with van der Waals surface area (Å²) in [7, 11) is 1.72. The minimum atomic E-state index is 0. The van der Waals surface area contributed by atoms with Gasteiger partial charge in [0.1, 0.15) is 5.75 Å². The molecule has 138 valence electrons. The number of ether oxygens (including phenoxy) is 1. The number of guanidine groups is 1. The van der Waals surface area contributed by atoms with Crippen LogP contribution in [0.25, 0.3) is 0 Å². The second-order valence-corrected chi connectivity index (χ2v) is 7.70. The molecule has 0 aliphatic carbocycles. The molecule has 0 aromatic heterocycles. The Hall–Kier alpha value is -0.630. The van der Waals surface area contributed by atoms with Crippen molar-refractivity contribution in [3.63, 3.8) is 0 Å². The van der Waals surface area contributed by atoms with Gasteiger partial charge in [0, 0.05) is 23.8 Å². The maximum Gasteiger partial charge on any atom is 0.191 e. The van der Waals surface area contributed by atoms with Crippen LogP contribution in [0.2, 0.25) is 0 Å². The molecule has 1 unspecified atom stereocenters. The van der Waals surface area contributed by atoms with Crippen molar-refractivity contribution in [1.29, 1.82) is 0 Å². The SMILES string of the molecule is CCNC(=NCC(C)(C)SC)NCC(C)c1ccccc1OC.I. The second kappa shape index (κ2) is 11.8. The van der Waals surface area contributed by atoms with Gasteiger partial charge in [-0.3, -0.25) is 4.99 Å². The average Bonchev–Trinajstić information content (AvgIpc) is 2.57. The molecule has 4 nitrogen and oxygen atoms in total. The Labute approximate surface area is 168 Å². The number of rotatable bonds is 8. The first kappa shape index (κ1) is 23.4. The zero-order valence-corrected chi connectivity index (χ0v) is 18.8. The molecule has 0 saturated carbocycles. The third-order valence-corrected chi connectivity index (χ3v) is 4.99. The van der Waals surface area contributed by atoms with E-state index < -0.39 is 0 Å². The van der Waals surface area contributed by atoms with Gasteiger partial charge in [0.05, 0.1) is 13.7 Å². The highest BCUT2D eigenvalue weighted by atomic mass is 127. The molecule has 6 heteroatoms. The van der Waals surface area contributed by atoms with Crippen LogP contribution in [-0.4, -0.2) is 43.7 Å². The number of para-hydroxylation sites is 1. The number of nitrogens with one attached hydrogen (secondary N) is 2. The first-order valence-electron chi connectivity index (χ1n) is 8.13. The van der Waals surface area contributed by atoms with Gasteiger partial charge >= 0.3 is 0 Å². The van der Waals surface area contributed by atoms with Gasteiger partial charge in [-0.05, 0) is 38.7 Å². The summed E-state index contributed by atoms with van der Waals surface area (Å²) in [5.41, 5.74) is 1.21. The van der Waals surface area contributed by atoms with Crippen molar-refractivity contribution < 1.29 is 4.74 Å². The summed E-state index contributed by atoms with van der Waals surface area (Å²) in [4.78, 5) is 4.71. The van der Waals surface area contributed by atoms with Crippen LogP contribution in [0.1, 0.15) is 39.2 Å². The zero-order chi connectivity index (χ0) is 17.3. The van der Waals surface area contributed by atoms with Crippen LogP contribution in [0.5, 0.6) is 5.75 Å². The Morgan fingerprint density at radius 1 is 1.29 bits per heavy atom. The normalized spacial score (nSPS) is 13.0. The number of methoxy groups -OCH3 is 1. The third-order valence-electron chi connectivity index (χ3n) is 3.76. The Balaban J connectivity index is 0.00000529. The van der Waals surface area contributed by atoms with Gasteiger partial charge in [0.25, 0.3) is 0 Å². The standard InChI is InChI=1S/C18H31N3OS.HI/c1-7-19-17(21-13-18(3,4)23-6)20-12-14(2)15-10-8-9-11-16(15)22-5;/h8-11,14H,7,12-13H2,1-6H3,(H2,19,20,21);1H. The van der Waals surface area contributed by atoms with Crippen molar-refractivity contribution in [2.24, 2.45) is 4.99 Å². The molecule has 0 bridgehead atoms. The van der Waals surface area contributed by atoms with Gasteiger partial charge < -0.3 is 15.4 Å². The molecule has 0 aliphatic rings. The van der Waals surface area contributed by atoms with Crippen molar-refractivity contribution in [1.82, 2.24) is 10.6 Å². The van der Waals surface area contributed by atoms with E-state index in [0.29, 0.717) is 5.92 Å². The summed E-state index contributed by atoms with van der Waals surface area (Å²) < 4.78 is 5.60. The number of aliphatic imine (C=N–C) groups is 1. The molecular formula is C18H32IN3OS. The number of benzene rings is 1. The average molecular weight is 465 g/mol. The van der Waals surface area contributed by atoms with Crippen LogP contribution < -0.4 is 15.4 Å². The van der Waals surface area contributed by atoms with E-state index in [-0.39, 0.29) is 28.7 Å². The quantitative estimate of drug-likeness (QED) is 0.345. The van der Waals surface area contributed by atoms with Crippen LogP contribution >= 0.6 is 35.7 Å². The molecule has 2 N–H and O–H groups in total. The molecular weight excluding hydrogens is 433 g/mol. The fourth-order valence-corrected chi connectivity index (χ4v) is 2.30. The van der Waals surface area contributed by atoms with Crippen molar-refractivity contribution in [2.45, 2.75) is 38.4 Å². The highest BCUT2D eigenvalue weighted by Gasteiger charge is 2.16. The largest absolute Gasteiger partial charge is 0.496 e. The van der Waals surface area contributed by atoms with Crippen molar-refractivity contribution >= 4 is 41.7 Å². The minimum Gasteiger partial charge on any atom is -0.496 e. The number of thioether (sulfide) groups is 1. The highest BCUT2D eigenvalue weighted by Crippen LogP contribution is 2.25.